The van der Waals surface area contributed by atoms with Crippen molar-refractivity contribution in [3.05, 3.63) is 58.4 Å². The molecule has 4 bridgehead atoms. The van der Waals surface area contributed by atoms with Gasteiger partial charge >= 0.3 is 0 Å². The fraction of sp³-hybridized carbons (Fsp3) is 0.515. The van der Waals surface area contributed by atoms with Crippen LogP contribution >= 0.6 is 11.3 Å². The molecular weight excluding hydrogens is 611 g/mol. The summed E-state index contributed by atoms with van der Waals surface area (Å²) in [6.45, 7) is 4.74. The first-order valence-electron chi connectivity index (χ1n) is 15.9. The molecule has 12 heteroatoms. The molecule has 8 rings (SSSR count). The quantitative estimate of drug-likeness (QED) is 0.350. The van der Waals surface area contributed by atoms with Crippen LogP contribution in [0.4, 0.5) is 5.82 Å². The highest BCUT2D eigenvalue weighted by atomic mass is 32.2. The van der Waals surface area contributed by atoms with E-state index in [2.05, 4.69) is 14.9 Å². The van der Waals surface area contributed by atoms with Crippen LogP contribution in [0.2, 0.25) is 0 Å². The van der Waals surface area contributed by atoms with Gasteiger partial charge < -0.3 is 14.5 Å². The summed E-state index contributed by atoms with van der Waals surface area (Å²) in [5, 5.41) is 10.3. The highest BCUT2D eigenvalue weighted by Crippen LogP contribution is 2.60. The Hall–Kier alpha value is -3.51. The van der Waals surface area contributed by atoms with Gasteiger partial charge in [0.1, 0.15) is 5.75 Å². The van der Waals surface area contributed by atoms with Crippen LogP contribution in [-0.4, -0.2) is 73.9 Å². The summed E-state index contributed by atoms with van der Waals surface area (Å²) in [5.41, 5.74) is 1.78. The summed E-state index contributed by atoms with van der Waals surface area (Å²) >= 11 is 1.44. The standard InChI is InChI=1S/C33H39N5O5S2/c1-2-43-27-5-3-4-25(15-27)26-16-29(44-20-26)32(40)38-10-8-37(9-11-38)30-7-6-28(34-35-30)31(39)36-45(41,42)21-33-17-22-12-23(18-33)14-24(13-22)19-33/h3-7,15-16,20,22-24H,2,8-14,17-19,21H2,1H3,(H,36,39). The molecule has 1 aliphatic heterocycles. The number of thiophene rings is 1. The first-order valence-corrected chi connectivity index (χ1v) is 18.5. The Balaban J connectivity index is 0.922. The van der Waals surface area contributed by atoms with E-state index in [1.54, 1.807) is 6.07 Å². The van der Waals surface area contributed by atoms with Crippen molar-refractivity contribution < 1.29 is 22.7 Å². The fourth-order valence-electron chi connectivity index (χ4n) is 8.54. The number of sulfonamides is 1. The zero-order valence-electron chi connectivity index (χ0n) is 25.5. The van der Waals surface area contributed by atoms with Gasteiger partial charge in [0.05, 0.1) is 17.2 Å². The predicted molar refractivity (Wildman–Crippen MR) is 173 cm³/mol. The zero-order valence-corrected chi connectivity index (χ0v) is 27.1. The molecule has 5 fully saturated rings. The van der Waals surface area contributed by atoms with E-state index in [1.165, 1.54) is 36.7 Å². The molecule has 5 aliphatic rings. The number of hydrogen-bond acceptors (Lipinski definition) is 9. The number of nitrogens with zero attached hydrogens (tertiary/aromatic N) is 4. The number of piperazine rings is 1. The van der Waals surface area contributed by atoms with Crippen molar-refractivity contribution in [2.75, 3.05) is 43.4 Å². The largest absolute Gasteiger partial charge is 0.494 e. The number of amides is 2. The summed E-state index contributed by atoms with van der Waals surface area (Å²) in [6.07, 6.45) is 6.58. The topological polar surface area (TPSA) is 122 Å². The molecule has 0 radical (unpaired) electrons. The average Bonchev–Trinajstić information content (AvgIpc) is 3.50. The predicted octanol–water partition coefficient (Wildman–Crippen LogP) is 4.84. The Kier molecular flexibility index (Phi) is 8.05. The van der Waals surface area contributed by atoms with E-state index in [0.717, 1.165) is 36.1 Å². The van der Waals surface area contributed by atoms with E-state index >= 15 is 0 Å². The van der Waals surface area contributed by atoms with Crippen LogP contribution in [0.5, 0.6) is 5.75 Å². The number of nitrogens with one attached hydrogen (secondary N) is 1. The minimum atomic E-state index is -3.80. The molecule has 1 saturated heterocycles. The maximum atomic E-state index is 13.3. The van der Waals surface area contributed by atoms with Gasteiger partial charge in [0.25, 0.3) is 11.8 Å². The molecule has 238 valence electrons. The minimum absolute atomic E-state index is 0.000260. The highest BCUT2D eigenvalue weighted by Gasteiger charge is 2.52. The molecule has 0 unspecified atom stereocenters. The lowest BCUT2D eigenvalue weighted by atomic mass is 9.50. The van der Waals surface area contributed by atoms with Crippen LogP contribution in [0.1, 0.15) is 65.6 Å². The summed E-state index contributed by atoms with van der Waals surface area (Å²) in [7, 11) is -3.80. The third-order valence-corrected chi connectivity index (χ3v) is 12.4. The molecule has 4 saturated carbocycles. The van der Waals surface area contributed by atoms with Gasteiger partial charge in [-0.25, -0.2) is 13.1 Å². The Morgan fingerprint density at radius 1 is 0.956 bits per heavy atom. The first-order chi connectivity index (χ1) is 21.7. The second-order valence-corrected chi connectivity index (χ2v) is 16.0. The van der Waals surface area contributed by atoms with Crippen molar-refractivity contribution in [3.63, 3.8) is 0 Å². The van der Waals surface area contributed by atoms with Gasteiger partial charge in [-0.05, 0) is 115 Å². The van der Waals surface area contributed by atoms with E-state index in [9.17, 15) is 18.0 Å². The Bertz CT molecular complexity index is 1650. The third-order valence-electron chi connectivity index (χ3n) is 9.97. The van der Waals surface area contributed by atoms with Crippen molar-refractivity contribution in [3.8, 4) is 16.9 Å². The molecule has 2 amide bonds. The highest BCUT2D eigenvalue weighted by molar-refractivity contribution is 7.90. The second kappa shape index (κ2) is 12.0. The average molecular weight is 650 g/mol. The molecule has 0 spiro atoms. The molecule has 3 heterocycles. The van der Waals surface area contributed by atoms with Gasteiger partial charge in [-0.1, -0.05) is 12.1 Å². The van der Waals surface area contributed by atoms with Crippen molar-refractivity contribution in [2.24, 2.45) is 23.2 Å². The number of hydrogen-bond donors (Lipinski definition) is 1. The molecule has 10 nitrogen and oxygen atoms in total. The van der Waals surface area contributed by atoms with Crippen LogP contribution in [0.25, 0.3) is 11.1 Å². The molecule has 0 atom stereocenters. The fourth-order valence-corrected chi connectivity index (χ4v) is 11.0. The van der Waals surface area contributed by atoms with E-state index in [-0.39, 0.29) is 22.8 Å². The van der Waals surface area contributed by atoms with Gasteiger partial charge in [0, 0.05) is 26.2 Å². The molecule has 1 N–H and O–H groups in total. The van der Waals surface area contributed by atoms with Crippen LogP contribution < -0.4 is 14.4 Å². The van der Waals surface area contributed by atoms with Gasteiger partial charge in [-0.2, -0.15) is 0 Å². The maximum absolute atomic E-state index is 13.3. The van der Waals surface area contributed by atoms with Crippen LogP contribution in [0.15, 0.2) is 47.8 Å². The number of ether oxygens (including phenoxy) is 1. The van der Waals surface area contributed by atoms with Crippen LogP contribution in [-0.2, 0) is 10.0 Å². The lowest BCUT2D eigenvalue weighted by Crippen LogP contribution is -2.51. The smallest absolute Gasteiger partial charge is 0.285 e. The van der Waals surface area contributed by atoms with E-state index in [1.807, 2.05) is 52.4 Å². The van der Waals surface area contributed by atoms with Crippen molar-refractivity contribution in [1.29, 1.82) is 0 Å². The molecule has 1 aromatic carbocycles. The number of rotatable bonds is 9. The Morgan fingerprint density at radius 2 is 1.67 bits per heavy atom. The summed E-state index contributed by atoms with van der Waals surface area (Å²) in [4.78, 5) is 30.7. The van der Waals surface area contributed by atoms with Gasteiger partial charge in [0.2, 0.25) is 10.0 Å². The summed E-state index contributed by atoms with van der Waals surface area (Å²) < 4.78 is 34.1. The lowest BCUT2D eigenvalue weighted by Gasteiger charge is -2.56. The molecule has 3 aromatic rings. The van der Waals surface area contributed by atoms with Crippen LogP contribution in [0.3, 0.4) is 0 Å². The number of benzene rings is 1. The van der Waals surface area contributed by atoms with Crippen LogP contribution in [0, 0.1) is 23.2 Å². The minimum Gasteiger partial charge on any atom is -0.494 e. The summed E-state index contributed by atoms with van der Waals surface area (Å²) in [5.74, 6) is 2.57. The first kappa shape index (κ1) is 30.2. The monoisotopic (exact) mass is 649 g/mol. The van der Waals surface area contributed by atoms with Gasteiger partial charge in [0.15, 0.2) is 11.5 Å². The SMILES string of the molecule is CCOc1cccc(-c2csc(C(=O)N3CCN(c4ccc(C(=O)NS(=O)(=O)CC56CC7CC(CC(C7)C5)C6)nn4)CC3)c2)c1. The number of anilines is 1. The molecular formula is C33H39N5O5S2. The van der Waals surface area contributed by atoms with Crippen molar-refractivity contribution in [1.82, 2.24) is 19.8 Å². The third kappa shape index (κ3) is 6.44. The number of aromatic nitrogens is 2. The lowest BCUT2D eigenvalue weighted by molar-refractivity contribution is -0.0391. The van der Waals surface area contributed by atoms with Gasteiger partial charge in [-0.15, -0.1) is 21.5 Å². The zero-order chi connectivity index (χ0) is 31.2. The second-order valence-electron chi connectivity index (χ2n) is 13.3. The normalized spacial score (nSPS) is 25.8. The Labute approximate surface area is 268 Å². The number of carbonyl (C=O) groups excluding carboxylic acids is 2. The molecule has 45 heavy (non-hydrogen) atoms. The summed E-state index contributed by atoms with van der Waals surface area (Å²) in [6, 6.07) is 13.0. The van der Waals surface area contributed by atoms with Crippen molar-refractivity contribution >= 4 is 39.0 Å². The van der Waals surface area contributed by atoms with E-state index < -0.39 is 15.9 Å². The molecule has 2 aromatic heterocycles. The Morgan fingerprint density at radius 3 is 2.31 bits per heavy atom. The van der Waals surface area contributed by atoms with Gasteiger partial charge in [-0.3, -0.25) is 9.59 Å². The van der Waals surface area contributed by atoms with E-state index in [4.69, 9.17) is 4.74 Å². The van der Waals surface area contributed by atoms with Crippen molar-refractivity contribution in [2.45, 2.75) is 45.4 Å². The maximum Gasteiger partial charge on any atom is 0.285 e. The van der Waals surface area contributed by atoms with E-state index in [0.29, 0.717) is 61.2 Å². The number of carbonyl (C=O) groups is 2. The molecule has 4 aliphatic carbocycles.